The molecule has 1 aromatic carbocycles. The fourth-order valence-corrected chi connectivity index (χ4v) is 2.87. The molecule has 1 aromatic heterocycles. The van der Waals surface area contributed by atoms with Gasteiger partial charge in [0.25, 0.3) is 0 Å². The van der Waals surface area contributed by atoms with Gasteiger partial charge in [0.15, 0.2) is 0 Å². The van der Waals surface area contributed by atoms with Gasteiger partial charge in [0, 0.05) is 17.9 Å². The first-order valence-corrected chi connectivity index (χ1v) is 7.77. The van der Waals surface area contributed by atoms with E-state index in [1.807, 2.05) is 30.0 Å². The molecule has 0 radical (unpaired) electrons. The van der Waals surface area contributed by atoms with Gasteiger partial charge in [-0.05, 0) is 30.4 Å². The minimum atomic E-state index is 0.784. The maximum atomic E-state index is 5.75. The van der Waals surface area contributed by atoms with Crippen LogP contribution >= 0.6 is 11.8 Å². The number of nitrogens with one attached hydrogen (secondary N) is 1. The van der Waals surface area contributed by atoms with E-state index in [2.05, 4.69) is 16.9 Å². The molecule has 0 saturated carbocycles. The summed E-state index contributed by atoms with van der Waals surface area (Å²) < 4.78 is 0. The third-order valence-electron chi connectivity index (χ3n) is 2.93. The minimum Gasteiger partial charge on any atom is -0.399 e. The van der Waals surface area contributed by atoms with Gasteiger partial charge in [0.1, 0.15) is 5.82 Å². The van der Waals surface area contributed by atoms with Crippen molar-refractivity contribution >= 4 is 28.5 Å². The highest BCUT2D eigenvalue weighted by Crippen LogP contribution is 2.16. The topological polar surface area (TPSA) is 54.7 Å². The molecule has 1 heterocycles. The molecule has 18 heavy (non-hydrogen) atoms. The van der Waals surface area contributed by atoms with Crippen LogP contribution in [0.3, 0.4) is 0 Å². The van der Waals surface area contributed by atoms with E-state index < -0.39 is 0 Å². The number of rotatable bonds is 7. The minimum absolute atomic E-state index is 0.784. The highest BCUT2D eigenvalue weighted by Gasteiger charge is 2.02. The molecule has 3 nitrogen and oxygen atoms in total. The van der Waals surface area contributed by atoms with Crippen molar-refractivity contribution in [1.82, 2.24) is 9.97 Å². The smallest absolute Gasteiger partial charge is 0.108 e. The number of nitrogen functional groups attached to an aromatic ring is 1. The highest BCUT2D eigenvalue weighted by molar-refractivity contribution is 7.99. The fraction of sp³-hybridized carbons (Fsp3) is 0.500. The summed E-state index contributed by atoms with van der Waals surface area (Å²) in [5.41, 5.74) is 8.59. The number of fused-ring (bicyclic) bond motifs is 1. The molecular weight excluding hydrogens is 242 g/mol. The number of nitrogens with two attached hydrogens (primary N) is 1. The fourth-order valence-electron chi connectivity index (χ4n) is 1.92. The van der Waals surface area contributed by atoms with Crippen molar-refractivity contribution < 1.29 is 0 Å². The summed E-state index contributed by atoms with van der Waals surface area (Å²) in [6.07, 6.45) is 4.98. The van der Waals surface area contributed by atoms with Crippen LogP contribution in [0.25, 0.3) is 11.0 Å². The number of anilines is 1. The van der Waals surface area contributed by atoms with Crippen LogP contribution in [0.4, 0.5) is 5.69 Å². The molecule has 0 spiro atoms. The van der Waals surface area contributed by atoms with E-state index >= 15 is 0 Å². The van der Waals surface area contributed by atoms with Crippen LogP contribution in [-0.2, 0) is 6.42 Å². The van der Waals surface area contributed by atoms with Crippen molar-refractivity contribution in [3.05, 3.63) is 24.0 Å². The second-order valence-electron chi connectivity index (χ2n) is 4.53. The number of imidazole rings is 1. The number of hydrogen-bond acceptors (Lipinski definition) is 3. The zero-order chi connectivity index (χ0) is 12.8. The Morgan fingerprint density at radius 1 is 1.28 bits per heavy atom. The van der Waals surface area contributed by atoms with Gasteiger partial charge >= 0.3 is 0 Å². The lowest BCUT2D eigenvalue weighted by Crippen LogP contribution is -1.92. The van der Waals surface area contributed by atoms with Gasteiger partial charge in [0.05, 0.1) is 11.0 Å². The Kier molecular flexibility index (Phi) is 4.93. The number of nitrogens with zero attached hydrogens (tertiary/aromatic N) is 1. The Hall–Kier alpha value is -1.16. The third-order valence-corrected chi connectivity index (χ3v) is 4.00. The van der Waals surface area contributed by atoms with E-state index in [1.165, 1.54) is 25.0 Å². The molecule has 0 saturated heterocycles. The van der Waals surface area contributed by atoms with Crippen LogP contribution in [0.2, 0.25) is 0 Å². The first kappa shape index (κ1) is 13.3. The average molecular weight is 263 g/mol. The molecule has 0 amide bonds. The molecule has 0 aliphatic carbocycles. The van der Waals surface area contributed by atoms with Crippen LogP contribution in [0.5, 0.6) is 0 Å². The zero-order valence-electron chi connectivity index (χ0n) is 10.9. The molecule has 2 rings (SSSR count). The molecule has 0 atom stereocenters. The Bertz CT molecular complexity index is 493. The van der Waals surface area contributed by atoms with Crippen molar-refractivity contribution in [2.45, 2.75) is 32.6 Å². The summed E-state index contributed by atoms with van der Waals surface area (Å²) in [5.74, 6) is 3.47. The lowest BCUT2D eigenvalue weighted by atomic mass is 10.3. The van der Waals surface area contributed by atoms with Crippen LogP contribution in [0.1, 0.15) is 32.0 Å². The average Bonchev–Trinajstić information content (AvgIpc) is 2.75. The van der Waals surface area contributed by atoms with E-state index in [0.717, 1.165) is 34.7 Å². The number of aryl methyl sites for hydroxylation is 1. The summed E-state index contributed by atoms with van der Waals surface area (Å²) in [6, 6.07) is 5.81. The summed E-state index contributed by atoms with van der Waals surface area (Å²) in [6.45, 7) is 2.24. The first-order valence-electron chi connectivity index (χ1n) is 6.61. The monoisotopic (exact) mass is 263 g/mol. The summed E-state index contributed by atoms with van der Waals surface area (Å²) in [7, 11) is 0. The van der Waals surface area contributed by atoms with E-state index in [1.54, 1.807) is 0 Å². The van der Waals surface area contributed by atoms with Crippen molar-refractivity contribution in [3.8, 4) is 0 Å². The second kappa shape index (κ2) is 6.69. The lowest BCUT2D eigenvalue weighted by molar-refractivity contribution is 0.778. The molecule has 4 heteroatoms. The Morgan fingerprint density at radius 2 is 2.17 bits per heavy atom. The summed E-state index contributed by atoms with van der Waals surface area (Å²) in [5, 5.41) is 0. The summed E-state index contributed by atoms with van der Waals surface area (Å²) >= 11 is 2.02. The van der Waals surface area contributed by atoms with Crippen LogP contribution in [0.15, 0.2) is 18.2 Å². The van der Waals surface area contributed by atoms with Gasteiger partial charge in [-0.3, -0.25) is 0 Å². The number of thioether (sulfide) groups is 1. The van der Waals surface area contributed by atoms with E-state index in [4.69, 9.17) is 5.73 Å². The van der Waals surface area contributed by atoms with Crippen molar-refractivity contribution in [2.24, 2.45) is 0 Å². The molecule has 0 fully saturated rings. The molecule has 98 valence electrons. The normalized spacial score (nSPS) is 11.2. The number of aromatic nitrogens is 2. The van der Waals surface area contributed by atoms with Crippen LogP contribution in [-0.4, -0.2) is 21.5 Å². The molecule has 0 aliphatic rings. The number of aromatic amines is 1. The Labute approximate surface area is 113 Å². The van der Waals surface area contributed by atoms with E-state index in [-0.39, 0.29) is 0 Å². The molecule has 3 N–H and O–H groups in total. The largest absolute Gasteiger partial charge is 0.399 e. The van der Waals surface area contributed by atoms with Gasteiger partial charge in [-0.2, -0.15) is 11.8 Å². The zero-order valence-corrected chi connectivity index (χ0v) is 11.7. The predicted octanol–water partition coefficient (Wildman–Crippen LogP) is 3.61. The van der Waals surface area contributed by atoms with E-state index in [9.17, 15) is 0 Å². The molecule has 0 bridgehead atoms. The van der Waals surface area contributed by atoms with Gasteiger partial charge in [-0.1, -0.05) is 19.8 Å². The molecule has 2 aromatic rings. The quantitative estimate of drug-likeness (QED) is 0.592. The number of H-pyrrole nitrogens is 1. The van der Waals surface area contributed by atoms with Gasteiger partial charge in [-0.25, -0.2) is 4.98 Å². The standard InChI is InChI=1S/C14H21N3S/c1-2-3-4-8-18-9-7-14-16-12-6-5-11(15)10-13(12)17-14/h5-6,10H,2-4,7-9,15H2,1H3,(H,16,17). The maximum absolute atomic E-state index is 5.75. The Morgan fingerprint density at radius 3 is 3.00 bits per heavy atom. The van der Waals surface area contributed by atoms with Gasteiger partial charge in [-0.15, -0.1) is 0 Å². The van der Waals surface area contributed by atoms with Gasteiger partial charge < -0.3 is 10.7 Å². The van der Waals surface area contributed by atoms with Crippen molar-refractivity contribution in [1.29, 1.82) is 0 Å². The van der Waals surface area contributed by atoms with Crippen molar-refractivity contribution in [2.75, 3.05) is 17.2 Å². The molecule has 0 unspecified atom stereocenters. The second-order valence-corrected chi connectivity index (χ2v) is 5.75. The molecule has 0 aliphatic heterocycles. The molecular formula is C14H21N3S. The maximum Gasteiger partial charge on any atom is 0.108 e. The van der Waals surface area contributed by atoms with Crippen LogP contribution in [0, 0.1) is 0 Å². The van der Waals surface area contributed by atoms with Gasteiger partial charge in [0.2, 0.25) is 0 Å². The number of unbranched alkanes of at least 4 members (excludes halogenated alkanes) is 2. The SMILES string of the molecule is CCCCCSCCc1nc2ccc(N)cc2[nH]1. The Balaban J connectivity index is 1.81. The number of hydrogen-bond donors (Lipinski definition) is 2. The third kappa shape index (κ3) is 3.67. The first-order chi connectivity index (χ1) is 8.79. The van der Waals surface area contributed by atoms with Crippen LogP contribution < -0.4 is 5.73 Å². The predicted molar refractivity (Wildman–Crippen MR) is 81.1 cm³/mol. The number of benzene rings is 1. The lowest BCUT2D eigenvalue weighted by Gasteiger charge is -1.98. The highest BCUT2D eigenvalue weighted by atomic mass is 32.2. The van der Waals surface area contributed by atoms with E-state index in [0.29, 0.717) is 0 Å². The van der Waals surface area contributed by atoms with Crippen molar-refractivity contribution in [3.63, 3.8) is 0 Å². The summed E-state index contributed by atoms with van der Waals surface area (Å²) in [4.78, 5) is 7.90.